The van der Waals surface area contributed by atoms with Crippen molar-refractivity contribution < 1.29 is 9.90 Å². The summed E-state index contributed by atoms with van der Waals surface area (Å²) in [7, 11) is 0. The van der Waals surface area contributed by atoms with Gasteiger partial charge in [0.25, 0.3) is 0 Å². The van der Waals surface area contributed by atoms with Gasteiger partial charge in [0, 0.05) is 19.0 Å². The van der Waals surface area contributed by atoms with Crippen molar-refractivity contribution in [1.82, 2.24) is 4.98 Å². The first-order chi connectivity index (χ1) is 7.70. The van der Waals surface area contributed by atoms with Crippen LogP contribution >= 0.6 is 11.3 Å². The lowest BCUT2D eigenvalue weighted by atomic mass is 10.00. The number of nitrogens with zero attached hydrogens (tertiary/aromatic N) is 2. The minimum Gasteiger partial charge on any atom is -0.477 e. The number of carboxylic acid groups (broad SMARTS) is 1. The van der Waals surface area contributed by atoms with E-state index in [0.29, 0.717) is 0 Å². The molecular formula is C11H12N2O2S. The largest absolute Gasteiger partial charge is 0.477 e. The van der Waals surface area contributed by atoms with Gasteiger partial charge in [-0.1, -0.05) is 11.3 Å². The molecule has 1 N–H and O–H groups in total. The van der Waals surface area contributed by atoms with E-state index in [0.717, 1.165) is 31.1 Å². The van der Waals surface area contributed by atoms with Crippen molar-refractivity contribution in [3.8, 4) is 12.3 Å². The van der Waals surface area contributed by atoms with E-state index in [2.05, 4.69) is 15.8 Å². The summed E-state index contributed by atoms with van der Waals surface area (Å²) in [5, 5.41) is 9.58. The Morgan fingerprint density at radius 1 is 1.75 bits per heavy atom. The summed E-state index contributed by atoms with van der Waals surface area (Å²) in [6.07, 6.45) is 8.90. The monoisotopic (exact) mass is 236 g/mol. The Labute approximate surface area is 97.9 Å². The van der Waals surface area contributed by atoms with Crippen LogP contribution in [0.1, 0.15) is 22.5 Å². The van der Waals surface area contributed by atoms with Gasteiger partial charge in [-0.05, 0) is 12.8 Å². The van der Waals surface area contributed by atoms with E-state index in [1.54, 1.807) is 0 Å². The maximum absolute atomic E-state index is 10.7. The summed E-state index contributed by atoms with van der Waals surface area (Å²) in [4.78, 5) is 17.2. The second-order valence-corrected chi connectivity index (χ2v) is 4.77. The third-order valence-corrected chi connectivity index (χ3v) is 3.68. The molecular weight excluding hydrogens is 224 g/mol. The first-order valence-corrected chi connectivity index (χ1v) is 5.92. The molecule has 1 aromatic rings. The predicted octanol–water partition coefficient (Wildman–Crippen LogP) is 1.69. The molecule has 0 spiro atoms. The molecule has 84 valence electrons. The van der Waals surface area contributed by atoms with E-state index in [1.807, 2.05) is 0 Å². The van der Waals surface area contributed by atoms with E-state index in [-0.39, 0.29) is 10.8 Å². The van der Waals surface area contributed by atoms with Crippen LogP contribution in [0, 0.1) is 18.3 Å². The van der Waals surface area contributed by atoms with E-state index in [1.165, 1.54) is 17.5 Å². The van der Waals surface area contributed by atoms with Gasteiger partial charge in [-0.2, -0.15) is 0 Å². The molecule has 0 bridgehead atoms. The molecule has 2 heterocycles. The quantitative estimate of drug-likeness (QED) is 0.794. The molecule has 1 saturated heterocycles. The summed E-state index contributed by atoms with van der Waals surface area (Å²) >= 11 is 1.21. The molecule has 5 heteroatoms. The average molecular weight is 236 g/mol. The van der Waals surface area contributed by atoms with Crippen LogP contribution < -0.4 is 4.90 Å². The number of hydrogen-bond donors (Lipinski definition) is 1. The van der Waals surface area contributed by atoms with Gasteiger partial charge in [-0.25, -0.2) is 9.78 Å². The summed E-state index contributed by atoms with van der Waals surface area (Å²) < 4.78 is 0. The van der Waals surface area contributed by atoms with Crippen molar-refractivity contribution in [2.45, 2.75) is 12.8 Å². The van der Waals surface area contributed by atoms with E-state index in [4.69, 9.17) is 11.5 Å². The van der Waals surface area contributed by atoms with Crippen LogP contribution in [0.15, 0.2) is 6.20 Å². The molecule has 1 fully saturated rings. The third-order valence-electron chi connectivity index (χ3n) is 2.63. The standard InChI is InChI=1S/C11H12N2O2S/c1-2-8-4-3-5-13(7-8)11-12-6-9(16-11)10(14)15/h1,6,8H,3-5,7H2,(H,14,15). The van der Waals surface area contributed by atoms with Gasteiger partial charge in [-0.15, -0.1) is 12.3 Å². The van der Waals surface area contributed by atoms with Gasteiger partial charge in [0.05, 0.1) is 6.20 Å². The lowest BCUT2D eigenvalue weighted by molar-refractivity contribution is 0.0702. The van der Waals surface area contributed by atoms with Crippen molar-refractivity contribution >= 4 is 22.4 Å². The number of carboxylic acids is 1. The van der Waals surface area contributed by atoms with Crippen molar-refractivity contribution in [1.29, 1.82) is 0 Å². The minimum absolute atomic E-state index is 0.255. The number of hydrogen-bond acceptors (Lipinski definition) is 4. The lowest BCUT2D eigenvalue weighted by Gasteiger charge is -2.29. The van der Waals surface area contributed by atoms with Crippen molar-refractivity contribution in [2.75, 3.05) is 18.0 Å². The van der Waals surface area contributed by atoms with Crippen LogP contribution in [0.4, 0.5) is 5.13 Å². The van der Waals surface area contributed by atoms with Crippen molar-refractivity contribution in [3.63, 3.8) is 0 Å². The number of carbonyl (C=O) groups is 1. The Morgan fingerprint density at radius 2 is 2.56 bits per heavy atom. The highest BCUT2D eigenvalue weighted by Gasteiger charge is 2.21. The third kappa shape index (κ3) is 2.17. The smallest absolute Gasteiger partial charge is 0.347 e. The summed E-state index contributed by atoms with van der Waals surface area (Å²) in [5.74, 6) is 2.09. The molecule has 16 heavy (non-hydrogen) atoms. The summed E-state index contributed by atoms with van der Waals surface area (Å²) in [5.41, 5.74) is 0. The minimum atomic E-state index is -0.922. The molecule has 0 radical (unpaired) electrons. The molecule has 1 atom stereocenters. The number of thiazole rings is 1. The van der Waals surface area contributed by atoms with Gasteiger partial charge >= 0.3 is 5.97 Å². The fraction of sp³-hybridized carbons (Fsp3) is 0.455. The van der Waals surface area contributed by atoms with Crippen LogP contribution in [0.5, 0.6) is 0 Å². The fourth-order valence-corrected chi connectivity index (χ4v) is 2.59. The summed E-state index contributed by atoms with van der Waals surface area (Å²) in [6.45, 7) is 1.69. The predicted molar refractivity (Wildman–Crippen MR) is 62.8 cm³/mol. The Hall–Kier alpha value is -1.54. The van der Waals surface area contributed by atoms with Gasteiger partial charge in [0.15, 0.2) is 5.13 Å². The molecule has 0 amide bonds. The number of terminal acetylenes is 1. The normalized spacial score (nSPS) is 20.4. The van der Waals surface area contributed by atoms with Crippen LogP contribution in [-0.2, 0) is 0 Å². The highest BCUT2D eigenvalue weighted by molar-refractivity contribution is 7.17. The fourth-order valence-electron chi connectivity index (χ4n) is 1.80. The van der Waals surface area contributed by atoms with Crippen molar-refractivity contribution in [3.05, 3.63) is 11.1 Å². The highest BCUT2D eigenvalue weighted by atomic mass is 32.1. The first kappa shape index (κ1) is 11.0. The molecule has 0 aliphatic carbocycles. The van der Waals surface area contributed by atoms with E-state index in [9.17, 15) is 4.79 Å². The molecule has 2 rings (SSSR count). The van der Waals surface area contributed by atoms with Crippen LogP contribution in [0.25, 0.3) is 0 Å². The number of aromatic nitrogens is 1. The Bertz CT molecular complexity index is 435. The van der Waals surface area contributed by atoms with Crippen LogP contribution in [0.2, 0.25) is 0 Å². The van der Waals surface area contributed by atoms with Gasteiger partial charge in [0.2, 0.25) is 0 Å². The van der Waals surface area contributed by atoms with Gasteiger partial charge < -0.3 is 10.0 Å². The second kappa shape index (κ2) is 4.54. The number of rotatable bonds is 2. The zero-order chi connectivity index (χ0) is 11.5. The van der Waals surface area contributed by atoms with E-state index < -0.39 is 5.97 Å². The van der Waals surface area contributed by atoms with Crippen molar-refractivity contribution in [2.24, 2.45) is 5.92 Å². The molecule has 1 aromatic heterocycles. The maximum Gasteiger partial charge on any atom is 0.347 e. The second-order valence-electron chi connectivity index (χ2n) is 3.76. The molecule has 1 unspecified atom stereocenters. The van der Waals surface area contributed by atoms with E-state index >= 15 is 0 Å². The average Bonchev–Trinajstić information content (AvgIpc) is 2.78. The summed E-state index contributed by atoms with van der Waals surface area (Å²) in [6, 6.07) is 0. The molecule has 0 saturated carbocycles. The number of anilines is 1. The number of aromatic carboxylic acids is 1. The Balaban J connectivity index is 2.11. The molecule has 0 aromatic carbocycles. The SMILES string of the molecule is C#CC1CCCN(c2ncc(C(=O)O)s2)C1. The Kier molecular flexibility index (Phi) is 3.11. The maximum atomic E-state index is 10.7. The first-order valence-electron chi connectivity index (χ1n) is 5.11. The molecule has 1 aliphatic rings. The zero-order valence-electron chi connectivity index (χ0n) is 8.72. The van der Waals surface area contributed by atoms with Crippen LogP contribution in [0.3, 0.4) is 0 Å². The molecule has 4 nitrogen and oxygen atoms in total. The Morgan fingerprint density at radius 3 is 3.19 bits per heavy atom. The topological polar surface area (TPSA) is 53.4 Å². The number of piperidine rings is 1. The highest BCUT2D eigenvalue weighted by Crippen LogP contribution is 2.27. The molecule has 1 aliphatic heterocycles. The van der Waals surface area contributed by atoms with Gasteiger partial charge in [-0.3, -0.25) is 0 Å². The zero-order valence-corrected chi connectivity index (χ0v) is 9.54. The lowest BCUT2D eigenvalue weighted by Crippen LogP contribution is -2.34. The van der Waals surface area contributed by atoms with Gasteiger partial charge in [0.1, 0.15) is 4.88 Å². The van der Waals surface area contributed by atoms with Crippen LogP contribution in [-0.4, -0.2) is 29.1 Å².